The summed E-state index contributed by atoms with van der Waals surface area (Å²) >= 11 is 0. The summed E-state index contributed by atoms with van der Waals surface area (Å²) in [6.45, 7) is 8.53. The van der Waals surface area contributed by atoms with Crippen molar-refractivity contribution in [2.75, 3.05) is 0 Å². The van der Waals surface area contributed by atoms with Crippen LogP contribution in [0.5, 0.6) is 0 Å². The first kappa shape index (κ1) is 19.9. The molecule has 0 aromatic rings. The predicted octanol–water partition coefficient (Wildman–Crippen LogP) is 0.995. The van der Waals surface area contributed by atoms with Crippen molar-refractivity contribution in [2.45, 2.75) is 64.6 Å². The molecule has 26 heavy (non-hydrogen) atoms. The normalized spacial score (nSPS) is 32.3. The van der Waals surface area contributed by atoms with Crippen molar-refractivity contribution in [1.29, 1.82) is 0 Å². The van der Waals surface area contributed by atoms with Crippen molar-refractivity contribution in [1.82, 2.24) is 0 Å². The second-order valence-corrected chi connectivity index (χ2v) is 6.31. The van der Waals surface area contributed by atoms with Crippen LogP contribution in [0.1, 0.15) is 40.5 Å². The molecule has 1 spiro atoms. The molecule has 9 heteroatoms. The van der Waals surface area contributed by atoms with Crippen molar-refractivity contribution in [3.63, 3.8) is 0 Å². The molecule has 3 unspecified atom stereocenters. The van der Waals surface area contributed by atoms with E-state index in [2.05, 4.69) is 6.58 Å². The van der Waals surface area contributed by atoms with Gasteiger partial charge < -0.3 is 23.7 Å². The third-order valence-electron chi connectivity index (χ3n) is 4.34. The summed E-state index contributed by atoms with van der Waals surface area (Å²) in [7, 11) is 0. The highest BCUT2D eigenvalue weighted by atomic mass is 16.8. The van der Waals surface area contributed by atoms with Crippen molar-refractivity contribution < 1.29 is 42.9 Å². The highest BCUT2D eigenvalue weighted by molar-refractivity contribution is 5.69. The van der Waals surface area contributed by atoms with Crippen LogP contribution < -0.4 is 0 Å². The molecule has 1 saturated heterocycles. The van der Waals surface area contributed by atoms with E-state index >= 15 is 0 Å². The molecule has 144 valence electrons. The summed E-state index contributed by atoms with van der Waals surface area (Å²) in [5.41, 5.74) is -1.17. The van der Waals surface area contributed by atoms with Crippen molar-refractivity contribution >= 4 is 23.9 Å². The quantitative estimate of drug-likeness (QED) is 0.397. The Morgan fingerprint density at radius 2 is 1.50 bits per heavy atom. The van der Waals surface area contributed by atoms with Gasteiger partial charge in [0.1, 0.15) is 11.4 Å². The highest BCUT2D eigenvalue weighted by Crippen LogP contribution is 2.55. The van der Waals surface area contributed by atoms with Gasteiger partial charge in [-0.3, -0.25) is 19.2 Å². The maximum atomic E-state index is 11.6. The molecule has 2 aliphatic rings. The number of ether oxygens (including phenoxy) is 5. The molecule has 0 radical (unpaired) electrons. The van der Waals surface area contributed by atoms with Gasteiger partial charge in [-0.15, -0.1) is 0 Å². The van der Waals surface area contributed by atoms with Crippen LogP contribution in [0.15, 0.2) is 12.3 Å². The largest absolute Gasteiger partial charge is 0.455 e. The average molecular weight is 370 g/mol. The van der Waals surface area contributed by atoms with Crippen LogP contribution in [-0.2, 0) is 42.9 Å². The van der Waals surface area contributed by atoms with Gasteiger partial charge in [0, 0.05) is 33.6 Å². The Morgan fingerprint density at radius 3 is 1.92 bits per heavy atom. The molecule has 0 N–H and O–H groups in total. The molecule has 2 fully saturated rings. The summed E-state index contributed by atoms with van der Waals surface area (Å²) < 4.78 is 26.6. The molecule has 1 aliphatic heterocycles. The highest BCUT2D eigenvalue weighted by Gasteiger charge is 2.68. The van der Waals surface area contributed by atoms with E-state index in [4.69, 9.17) is 23.7 Å². The maximum Gasteiger partial charge on any atom is 0.307 e. The van der Waals surface area contributed by atoms with Crippen molar-refractivity contribution in [2.24, 2.45) is 5.92 Å². The van der Waals surface area contributed by atoms with Gasteiger partial charge in [0.15, 0.2) is 6.10 Å². The summed E-state index contributed by atoms with van der Waals surface area (Å²) in [5.74, 6) is -2.84. The smallest absolute Gasteiger partial charge is 0.307 e. The third-order valence-corrected chi connectivity index (χ3v) is 4.34. The number of hydrogen-bond donors (Lipinski definition) is 0. The van der Waals surface area contributed by atoms with Crippen LogP contribution in [-0.4, -0.2) is 48.0 Å². The zero-order chi connectivity index (χ0) is 19.6. The Labute approximate surface area is 150 Å². The Hall–Kier alpha value is -2.42. The number of rotatable bonds is 5. The lowest BCUT2D eigenvalue weighted by Crippen LogP contribution is -2.58. The first-order chi connectivity index (χ1) is 12.1. The summed E-state index contributed by atoms with van der Waals surface area (Å²) in [6, 6.07) is 0. The van der Waals surface area contributed by atoms with E-state index in [1.54, 1.807) is 0 Å². The van der Waals surface area contributed by atoms with Crippen LogP contribution in [0.25, 0.3) is 0 Å². The lowest BCUT2D eigenvalue weighted by atomic mass is 9.65. The fourth-order valence-electron chi connectivity index (χ4n) is 3.42. The molecule has 9 nitrogen and oxygen atoms in total. The van der Waals surface area contributed by atoms with Gasteiger partial charge in [0.25, 0.3) is 0 Å². The molecule has 5 atom stereocenters. The summed E-state index contributed by atoms with van der Waals surface area (Å²) in [4.78, 5) is 45.7. The van der Waals surface area contributed by atoms with Gasteiger partial charge >= 0.3 is 23.9 Å². The van der Waals surface area contributed by atoms with Crippen LogP contribution in [0, 0.1) is 5.92 Å². The molecule has 0 amide bonds. The summed E-state index contributed by atoms with van der Waals surface area (Å²) in [5, 5.41) is 0. The zero-order valence-electron chi connectivity index (χ0n) is 15.1. The van der Waals surface area contributed by atoms with E-state index in [0.29, 0.717) is 12.8 Å². The van der Waals surface area contributed by atoms with Gasteiger partial charge in [-0.2, -0.15) is 0 Å². The van der Waals surface area contributed by atoms with E-state index < -0.39 is 53.9 Å². The maximum absolute atomic E-state index is 11.6. The first-order valence-electron chi connectivity index (χ1n) is 8.13. The van der Waals surface area contributed by atoms with Gasteiger partial charge in [-0.05, 0) is 12.8 Å². The molecular weight excluding hydrogens is 348 g/mol. The van der Waals surface area contributed by atoms with Gasteiger partial charge in [0.2, 0.25) is 12.4 Å². The lowest BCUT2D eigenvalue weighted by Gasteiger charge is -2.48. The second kappa shape index (κ2) is 7.45. The van der Waals surface area contributed by atoms with E-state index in [9.17, 15) is 19.2 Å². The lowest BCUT2D eigenvalue weighted by molar-refractivity contribution is -0.231. The molecular formula is C17H22O9. The number of carbonyl (C=O) groups excluding carboxylic acids is 4. The first-order valence-corrected chi connectivity index (χ1v) is 8.13. The topological polar surface area (TPSA) is 114 Å². The van der Waals surface area contributed by atoms with Gasteiger partial charge in [0.05, 0.1) is 0 Å². The Morgan fingerprint density at radius 1 is 0.923 bits per heavy atom. The second-order valence-electron chi connectivity index (χ2n) is 6.31. The standard InChI is InChI=1S/C17H22O9/c1-8(22-9(2)18)13-6-7-17(13)15(24-11(4)20)14(23-10(3)19)16(26-17)25-12(5)21/h13-16H,1,6-7H2,2-5H3/t13-,14?,15?,16?,17-/m1/s1. The molecule has 2 rings (SSSR count). The van der Waals surface area contributed by atoms with E-state index in [0.717, 1.165) is 0 Å². The summed E-state index contributed by atoms with van der Waals surface area (Å²) in [6.07, 6.45) is -2.49. The number of esters is 4. The predicted molar refractivity (Wildman–Crippen MR) is 84.1 cm³/mol. The van der Waals surface area contributed by atoms with E-state index in [1.165, 1.54) is 27.7 Å². The average Bonchev–Trinajstić information content (AvgIpc) is 2.71. The zero-order valence-corrected chi connectivity index (χ0v) is 15.1. The van der Waals surface area contributed by atoms with Crippen LogP contribution >= 0.6 is 0 Å². The number of hydrogen-bond acceptors (Lipinski definition) is 9. The monoisotopic (exact) mass is 370 g/mol. The van der Waals surface area contributed by atoms with Crippen LogP contribution in [0.4, 0.5) is 0 Å². The molecule has 1 aliphatic carbocycles. The molecule has 0 aromatic carbocycles. The Kier molecular flexibility index (Phi) is 5.70. The van der Waals surface area contributed by atoms with Crippen LogP contribution in [0.3, 0.4) is 0 Å². The van der Waals surface area contributed by atoms with E-state index in [-0.39, 0.29) is 5.76 Å². The minimum absolute atomic E-state index is 0.144. The minimum atomic E-state index is -1.26. The Bertz CT molecular complexity index is 640. The SMILES string of the molecule is C=C(OC(C)=O)[C@H]1CC[C@@]12OC(OC(C)=O)C(OC(C)=O)C2OC(C)=O. The molecule has 0 bridgehead atoms. The van der Waals surface area contributed by atoms with E-state index in [1.807, 2.05) is 0 Å². The molecule has 0 aromatic heterocycles. The third kappa shape index (κ3) is 3.87. The van der Waals surface area contributed by atoms with Gasteiger partial charge in [-0.1, -0.05) is 6.58 Å². The fourth-order valence-corrected chi connectivity index (χ4v) is 3.42. The minimum Gasteiger partial charge on any atom is -0.455 e. The molecule has 1 heterocycles. The van der Waals surface area contributed by atoms with Gasteiger partial charge in [-0.25, -0.2) is 0 Å². The van der Waals surface area contributed by atoms with Crippen molar-refractivity contribution in [3.05, 3.63) is 12.3 Å². The number of carbonyl (C=O) groups is 4. The molecule has 1 saturated carbocycles. The fraction of sp³-hybridized carbons (Fsp3) is 0.647. The Balaban J connectivity index is 2.37. The van der Waals surface area contributed by atoms with Crippen molar-refractivity contribution in [3.8, 4) is 0 Å². The van der Waals surface area contributed by atoms with Crippen LogP contribution in [0.2, 0.25) is 0 Å².